The summed E-state index contributed by atoms with van der Waals surface area (Å²) in [7, 11) is -2.21. The van der Waals surface area contributed by atoms with Crippen molar-refractivity contribution in [1.82, 2.24) is 4.98 Å². The Labute approximate surface area is 144 Å². The number of pyridine rings is 1. The number of rotatable bonds is 6. The van der Waals surface area contributed by atoms with Crippen LogP contribution in [0.3, 0.4) is 0 Å². The van der Waals surface area contributed by atoms with Gasteiger partial charge in [-0.05, 0) is 47.3 Å². The molecule has 1 heterocycles. The molecule has 1 N–H and O–H groups in total. The van der Waals surface area contributed by atoms with Crippen molar-refractivity contribution in [3.63, 3.8) is 0 Å². The molecule has 0 saturated heterocycles. The molecule has 2 aromatic carbocycles. The van der Waals surface area contributed by atoms with Crippen molar-refractivity contribution >= 4 is 26.5 Å². The lowest BCUT2D eigenvalue weighted by Crippen LogP contribution is -2.12. The Morgan fingerprint density at radius 1 is 1.12 bits per heavy atom. The fourth-order valence-electron chi connectivity index (χ4n) is 2.44. The Morgan fingerprint density at radius 3 is 2.56 bits per heavy atom. The van der Waals surface area contributed by atoms with Crippen LogP contribution in [-0.4, -0.2) is 20.5 Å². The zero-order chi connectivity index (χ0) is 17.9. The van der Waals surface area contributed by atoms with Gasteiger partial charge in [-0.15, -0.1) is 0 Å². The second kappa shape index (κ2) is 6.86. The van der Waals surface area contributed by atoms with Gasteiger partial charge in [-0.1, -0.05) is 17.3 Å². The van der Waals surface area contributed by atoms with E-state index in [1.807, 2.05) is 0 Å². The maximum absolute atomic E-state index is 12.5. The normalized spacial score (nSPS) is 11.2. The lowest BCUT2D eigenvalue weighted by atomic mass is 10.1. The van der Waals surface area contributed by atoms with Crippen molar-refractivity contribution in [1.29, 1.82) is 0 Å². The maximum atomic E-state index is 12.5. The molecule has 0 spiro atoms. The maximum Gasteiger partial charge on any atom is 0.261 e. The van der Waals surface area contributed by atoms with Gasteiger partial charge in [0.25, 0.3) is 10.0 Å². The van der Waals surface area contributed by atoms with E-state index in [2.05, 4.69) is 14.9 Å². The summed E-state index contributed by atoms with van der Waals surface area (Å²) in [6, 6.07) is 12.9. The number of benzene rings is 2. The molecular weight excluding hydrogens is 342 g/mol. The molecule has 3 rings (SSSR count). The van der Waals surface area contributed by atoms with Gasteiger partial charge in [-0.3, -0.25) is 4.72 Å². The number of ether oxygens (including phenoxy) is 1. The minimum Gasteiger partial charge on any atom is -0.481 e. The Kier molecular flexibility index (Phi) is 4.62. The highest BCUT2D eigenvalue weighted by Crippen LogP contribution is 2.26. The van der Waals surface area contributed by atoms with Gasteiger partial charge in [0.1, 0.15) is 6.54 Å². The zero-order valence-electron chi connectivity index (χ0n) is 13.3. The van der Waals surface area contributed by atoms with E-state index in [9.17, 15) is 13.3 Å². The van der Waals surface area contributed by atoms with Crippen LogP contribution in [0.15, 0.2) is 64.8 Å². The summed E-state index contributed by atoms with van der Waals surface area (Å²) < 4.78 is 32.7. The Balaban J connectivity index is 1.90. The van der Waals surface area contributed by atoms with Gasteiger partial charge >= 0.3 is 0 Å². The first kappa shape index (κ1) is 16.8. The van der Waals surface area contributed by atoms with Crippen LogP contribution in [0.5, 0.6) is 5.88 Å². The number of anilines is 1. The van der Waals surface area contributed by atoms with E-state index in [-0.39, 0.29) is 11.4 Å². The number of fused-ring (bicyclic) bond motifs is 1. The van der Waals surface area contributed by atoms with Gasteiger partial charge in [0.15, 0.2) is 0 Å². The topological polar surface area (TPSA) is 97.7 Å². The fraction of sp³-hybridized carbons (Fsp3) is 0.118. The number of nitroso groups, excluding NO2 is 1. The van der Waals surface area contributed by atoms with Gasteiger partial charge in [-0.25, -0.2) is 13.4 Å². The van der Waals surface area contributed by atoms with E-state index in [0.29, 0.717) is 17.1 Å². The quantitative estimate of drug-likeness (QED) is 0.683. The first-order valence-electron chi connectivity index (χ1n) is 7.37. The summed E-state index contributed by atoms with van der Waals surface area (Å²) in [6.07, 6.45) is 1.60. The predicted octanol–water partition coefficient (Wildman–Crippen LogP) is 3.31. The number of nitrogens with zero attached hydrogens (tertiary/aromatic N) is 2. The first-order valence-corrected chi connectivity index (χ1v) is 8.85. The van der Waals surface area contributed by atoms with Gasteiger partial charge in [-0.2, -0.15) is 4.91 Å². The molecule has 0 amide bonds. The molecule has 25 heavy (non-hydrogen) atoms. The fourth-order valence-corrected chi connectivity index (χ4v) is 3.49. The van der Waals surface area contributed by atoms with Crippen LogP contribution >= 0.6 is 0 Å². The van der Waals surface area contributed by atoms with Crippen molar-refractivity contribution in [2.45, 2.75) is 11.4 Å². The van der Waals surface area contributed by atoms with Crippen molar-refractivity contribution < 1.29 is 13.2 Å². The third-order valence-corrected chi connectivity index (χ3v) is 5.05. The molecule has 0 atom stereocenters. The van der Waals surface area contributed by atoms with Crippen molar-refractivity contribution in [2.24, 2.45) is 5.18 Å². The van der Waals surface area contributed by atoms with Crippen molar-refractivity contribution in [2.75, 3.05) is 11.8 Å². The minimum absolute atomic E-state index is 0.00823. The molecule has 0 aliphatic heterocycles. The van der Waals surface area contributed by atoms with Crippen LogP contribution in [0.25, 0.3) is 10.8 Å². The highest BCUT2D eigenvalue weighted by molar-refractivity contribution is 7.92. The summed E-state index contributed by atoms with van der Waals surface area (Å²) in [5.74, 6) is 0.478. The third-order valence-electron chi connectivity index (χ3n) is 3.65. The molecule has 8 heteroatoms. The standard InChI is InChI=1S/C17H15N3O4S/c1-24-17-16-7-4-14(10-13(16)8-9-18-17)20-25(22,23)15-5-2-12(3-6-15)11-19-21/h2-10,20H,11H2,1H3. The molecule has 0 fully saturated rings. The van der Waals surface area contributed by atoms with Crippen molar-refractivity contribution in [3.05, 3.63) is 65.2 Å². The molecular formula is C17H15N3O4S. The third kappa shape index (κ3) is 3.58. The Morgan fingerprint density at radius 2 is 1.88 bits per heavy atom. The average Bonchev–Trinajstić information content (AvgIpc) is 2.61. The van der Waals surface area contributed by atoms with Crippen LogP contribution in [-0.2, 0) is 16.6 Å². The summed E-state index contributed by atoms with van der Waals surface area (Å²) in [4.78, 5) is 14.5. The lowest BCUT2D eigenvalue weighted by Gasteiger charge is -2.10. The second-order valence-electron chi connectivity index (χ2n) is 5.29. The minimum atomic E-state index is -3.73. The van der Waals surface area contributed by atoms with Crippen LogP contribution in [0.4, 0.5) is 5.69 Å². The summed E-state index contributed by atoms with van der Waals surface area (Å²) >= 11 is 0. The Hall–Kier alpha value is -3.00. The summed E-state index contributed by atoms with van der Waals surface area (Å²) in [5.41, 5.74) is 1.08. The number of hydrogen-bond acceptors (Lipinski definition) is 6. The number of sulfonamides is 1. The van der Waals surface area contributed by atoms with Crippen LogP contribution < -0.4 is 9.46 Å². The number of aromatic nitrogens is 1. The molecule has 0 aliphatic carbocycles. The smallest absolute Gasteiger partial charge is 0.261 e. The molecule has 0 bridgehead atoms. The zero-order valence-corrected chi connectivity index (χ0v) is 14.2. The van der Waals surface area contributed by atoms with Gasteiger partial charge in [0.05, 0.1) is 12.0 Å². The van der Waals surface area contributed by atoms with Gasteiger partial charge in [0, 0.05) is 17.3 Å². The monoisotopic (exact) mass is 357 g/mol. The molecule has 0 saturated carbocycles. The molecule has 3 aromatic rings. The Bertz CT molecular complexity index is 1020. The SMILES string of the molecule is COc1nccc2cc(NS(=O)(=O)c3ccc(CN=O)cc3)ccc12. The van der Waals surface area contributed by atoms with E-state index in [4.69, 9.17) is 4.74 Å². The van der Waals surface area contributed by atoms with Crippen molar-refractivity contribution in [3.8, 4) is 5.88 Å². The predicted molar refractivity (Wildman–Crippen MR) is 95.0 cm³/mol. The molecule has 0 aliphatic rings. The largest absolute Gasteiger partial charge is 0.481 e. The molecule has 0 radical (unpaired) electrons. The number of nitrogens with one attached hydrogen (secondary N) is 1. The van der Waals surface area contributed by atoms with Gasteiger partial charge in [0.2, 0.25) is 5.88 Å². The van der Waals surface area contributed by atoms with E-state index in [0.717, 1.165) is 10.8 Å². The van der Waals surface area contributed by atoms with E-state index in [1.54, 1.807) is 42.6 Å². The van der Waals surface area contributed by atoms with Crippen LogP contribution in [0, 0.1) is 4.91 Å². The molecule has 1 aromatic heterocycles. The van der Waals surface area contributed by atoms with E-state index < -0.39 is 10.0 Å². The lowest BCUT2D eigenvalue weighted by molar-refractivity contribution is 0.403. The van der Waals surface area contributed by atoms with Crippen LogP contribution in [0.2, 0.25) is 0 Å². The van der Waals surface area contributed by atoms with E-state index >= 15 is 0 Å². The first-order chi connectivity index (χ1) is 12.0. The second-order valence-corrected chi connectivity index (χ2v) is 6.98. The molecule has 7 nitrogen and oxygen atoms in total. The van der Waals surface area contributed by atoms with E-state index in [1.165, 1.54) is 19.2 Å². The number of hydrogen-bond donors (Lipinski definition) is 1. The average molecular weight is 357 g/mol. The summed E-state index contributed by atoms with van der Waals surface area (Å²) in [6.45, 7) is 0.00823. The number of methoxy groups -OCH3 is 1. The highest BCUT2D eigenvalue weighted by Gasteiger charge is 2.14. The van der Waals surface area contributed by atoms with Gasteiger partial charge < -0.3 is 4.74 Å². The molecule has 128 valence electrons. The van der Waals surface area contributed by atoms with Crippen LogP contribution in [0.1, 0.15) is 5.56 Å². The molecule has 0 unspecified atom stereocenters. The summed E-state index contributed by atoms with van der Waals surface area (Å²) in [5, 5.41) is 4.37. The highest BCUT2D eigenvalue weighted by atomic mass is 32.2.